The Morgan fingerprint density at radius 3 is 3.00 bits per heavy atom. The van der Waals surface area contributed by atoms with Crippen molar-refractivity contribution in [1.29, 1.82) is 0 Å². The molecular weight excluding hydrogens is 202 g/mol. The third-order valence-electron chi connectivity index (χ3n) is 3.32. The fourth-order valence-electron chi connectivity index (χ4n) is 2.54. The number of nitrogens with one attached hydrogen (secondary N) is 3. The molecule has 84 valence electrons. The highest BCUT2D eigenvalue weighted by Crippen LogP contribution is 2.27. The van der Waals surface area contributed by atoms with Crippen LogP contribution in [0.2, 0.25) is 0 Å². The zero-order valence-corrected chi connectivity index (χ0v) is 9.05. The second-order valence-corrected chi connectivity index (χ2v) is 4.39. The summed E-state index contributed by atoms with van der Waals surface area (Å²) in [4.78, 5) is 17.0. The van der Waals surface area contributed by atoms with Crippen LogP contribution in [0.5, 0.6) is 0 Å². The summed E-state index contributed by atoms with van der Waals surface area (Å²) in [5.41, 5.74) is 3.02. The van der Waals surface area contributed by atoms with Crippen molar-refractivity contribution in [3.05, 3.63) is 34.2 Å². The van der Waals surface area contributed by atoms with E-state index in [4.69, 9.17) is 0 Å². The Morgan fingerprint density at radius 2 is 2.19 bits per heavy atom. The third-order valence-corrected chi connectivity index (χ3v) is 3.32. The van der Waals surface area contributed by atoms with E-state index in [-0.39, 0.29) is 5.69 Å². The van der Waals surface area contributed by atoms with Crippen molar-refractivity contribution in [2.24, 2.45) is 0 Å². The van der Waals surface area contributed by atoms with E-state index in [0.717, 1.165) is 24.1 Å². The monoisotopic (exact) mass is 217 g/mol. The van der Waals surface area contributed by atoms with Crippen LogP contribution in [-0.2, 0) is 0 Å². The summed E-state index contributed by atoms with van der Waals surface area (Å²) >= 11 is 0. The highest BCUT2D eigenvalue weighted by Gasteiger charge is 2.18. The van der Waals surface area contributed by atoms with Crippen LogP contribution in [0.15, 0.2) is 23.0 Å². The standard InChI is InChI=1S/C12H15N3O/c16-12-14-10-5-1-4-9(11(10)15-12)8-3-2-6-13-7-8/h1,4-5,8,13H,2-3,6-7H2,(H2,14,15,16). The Labute approximate surface area is 93.1 Å². The second-order valence-electron chi connectivity index (χ2n) is 4.39. The van der Waals surface area contributed by atoms with Gasteiger partial charge in [-0.05, 0) is 36.9 Å². The van der Waals surface area contributed by atoms with Gasteiger partial charge < -0.3 is 15.3 Å². The predicted molar refractivity (Wildman–Crippen MR) is 63.8 cm³/mol. The maximum atomic E-state index is 11.3. The maximum Gasteiger partial charge on any atom is 0.323 e. The molecule has 4 heteroatoms. The average Bonchev–Trinajstić information content (AvgIpc) is 2.70. The summed E-state index contributed by atoms with van der Waals surface area (Å²) in [6, 6.07) is 6.06. The van der Waals surface area contributed by atoms with Crippen LogP contribution in [0, 0.1) is 0 Å². The Morgan fingerprint density at radius 1 is 1.25 bits per heavy atom. The Balaban J connectivity index is 2.11. The average molecular weight is 217 g/mol. The van der Waals surface area contributed by atoms with Gasteiger partial charge in [-0.3, -0.25) is 0 Å². The normalized spacial score (nSPS) is 21.4. The lowest BCUT2D eigenvalue weighted by molar-refractivity contribution is 0.463. The van der Waals surface area contributed by atoms with Crippen molar-refractivity contribution in [3.8, 4) is 0 Å². The zero-order chi connectivity index (χ0) is 11.0. The molecule has 0 radical (unpaired) electrons. The first-order valence-electron chi connectivity index (χ1n) is 5.76. The van der Waals surface area contributed by atoms with Crippen molar-refractivity contribution < 1.29 is 0 Å². The Kier molecular flexibility index (Phi) is 2.29. The van der Waals surface area contributed by atoms with E-state index in [1.54, 1.807) is 0 Å². The number of aromatic nitrogens is 2. The quantitative estimate of drug-likeness (QED) is 0.674. The highest BCUT2D eigenvalue weighted by atomic mass is 16.1. The lowest BCUT2D eigenvalue weighted by Gasteiger charge is -2.23. The number of para-hydroxylation sites is 1. The molecule has 1 fully saturated rings. The van der Waals surface area contributed by atoms with E-state index in [0.29, 0.717) is 5.92 Å². The number of fused-ring (bicyclic) bond motifs is 1. The van der Waals surface area contributed by atoms with Crippen molar-refractivity contribution >= 4 is 11.0 Å². The van der Waals surface area contributed by atoms with Gasteiger partial charge in [-0.15, -0.1) is 0 Å². The van der Waals surface area contributed by atoms with Gasteiger partial charge in [0.25, 0.3) is 0 Å². The lowest BCUT2D eigenvalue weighted by Crippen LogP contribution is -2.28. The van der Waals surface area contributed by atoms with Gasteiger partial charge in [-0.1, -0.05) is 12.1 Å². The Hall–Kier alpha value is -1.55. The van der Waals surface area contributed by atoms with Gasteiger partial charge >= 0.3 is 5.69 Å². The number of imidazole rings is 1. The van der Waals surface area contributed by atoms with Gasteiger partial charge in [0.15, 0.2) is 0 Å². The fourth-order valence-corrected chi connectivity index (χ4v) is 2.54. The zero-order valence-electron chi connectivity index (χ0n) is 9.05. The van der Waals surface area contributed by atoms with Crippen LogP contribution in [0.4, 0.5) is 0 Å². The molecule has 1 aliphatic heterocycles. The molecule has 1 aromatic heterocycles. The van der Waals surface area contributed by atoms with Gasteiger partial charge in [-0.2, -0.15) is 0 Å². The number of rotatable bonds is 1. The van der Waals surface area contributed by atoms with E-state index in [1.807, 2.05) is 12.1 Å². The fraction of sp³-hybridized carbons (Fsp3) is 0.417. The number of H-pyrrole nitrogens is 2. The molecule has 4 nitrogen and oxygen atoms in total. The minimum Gasteiger partial charge on any atom is -0.316 e. The van der Waals surface area contributed by atoms with Crippen LogP contribution in [0.3, 0.4) is 0 Å². The van der Waals surface area contributed by atoms with Gasteiger partial charge in [0.1, 0.15) is 0 Å². The predicted octanol–water partition coefficient (Wildman–Crippen LogP) is 1.32. The molecule has 2 aromatic rings. The summed E-state index contributed by atoms with van der Waals surface area (Å²) in [5.74, 6) is 0.517. The minimum absolute atomic E-state index is 0.119. The van der Waals surface area contributed by atoms with E-state index in [1.165, 1.54) is 18.4 Å². The van der Waals surface area contributed by atoms with E-state index in [2.05, 4.69) is 21.4 Å². The molecule has 1 aromatic carbocycles. The van der Waals surface area contributed by atoms with Crippen LogP contribution in [-0.4, -0.2) is 23.1 Å². The lowest BCUT2D eigenvalue weighted by atomic mass is 9.91. The minimum atomic E-state index is -0.119. The molecule has 3 N–H and O–H groups in total. The molecule has 1 atom stereocenters. The molecule has 1 unspecified atom stereocenters. The van der Waals surface area contributed by atoms with Gasteiger partial charge in [-0.25, -0.2) is 4.79 Å². The van der Waals surface area contributed by atoms with E-state index in [9.17, 15) is 4.79 Å². The van der Waals surface area contributed by atoms with Gasteiger partial charge in [0, 0.05) is 6.54 Å². The van der Waals surface area contributed by atoms with E-state index < -0.39 is 0 Å². The molecule has 16 heavy (non-hydrogen) atoms. The number of hydrogen-bond acceptors (Lipinski definition) is 2. The summed E-state index contributed by atoms with van der Waals surface area (Å²) in [5, 5.41) is 3.40. The van der Waals surface area contributed by atoms with Crippen molar-refractivity contribution in [1.82, 2.24) is 15.3 Å². The first-order chi connectivity index (χ1) is 7.84. The maximum absolute atomic E-state index is 11.3. The summed E-state index contributed by atoms with van der Waals surface area (Å²) in [6.45, 7) is 2.11. The number of aromatic amines is 2. The van der Waals surface area contributed by atoms with Crippen molar-refractivity contribution in [3.63, 3.8) is 0 Å². The molecule has 0 aliphatic carbocycles. The largest absolute Gasteiger partial charge is 0.323 e. The molecule has 0 bridgehead atoms. The van der Waals surface area contributed by atoms with Crippen LogP contribution >= 0.6 is 0 Å². The highest BCUT2D eigenvalue weighted by molar-refractivity contribution is 5.78. The molecule has 2 heterocycles. The number of benzene rings is 1. The second kappa shape index (κ2) is 3.79. The molecule has 1 saturated heterocycles. The van der Waals surface area contributed by atoms with Crippen LogP contribution in [0.1, 0.15) is 24.3 Å². The molecule has 0 spiro atoms. The number of piperidine rings is 1. The smallest absolute Gasteiger partial charge is 0.316 e. The summed E-state index contributed by atoms with van der Waals surface area (Å²) in [6.07, 6.45) is 2.40. The van der Waals surface area contributed by atoms with Gasteiger partial charge in [0.2, 0.25) is 0 Å². The Bertz CT molecular complexity index is 549. The SMILES string of the molecule is O=c1[nH]c2cccc(C3CCCNC3)c2[nH]1. The van der Waals surface area contributed by atoms with E-state index >= 15 is 0 Å². The topological polar surface area (TPSA) is 60.7 Å². The van der Waals surface area contributed by atoms with Crippen molar-refractivity contribution in [2.45, 2.75) is 18.8 Å². The summed E-state index contributed by atoms with van der Waals surface area (Å²) in [7, 11) is 0. The molecule has 3 rings (SSSR count). The molecular formula is C12H15N3O. The third kappa shape index (κ3) is 1.55. The first kappa shape index (κ1) is 9.66. The van der Waals surface area contributed by atoms with Crippen LogP contribution in [0.25, 0.3) is 11.0 Å². The number of hydrogen-bond donors (Lipinski definition) is 3. The molecule has 0 amide bonds. The van der Waals surface area contributed by atoms with Crippen molar-refractivity contribution in [2.75, 3.05) is 13.1 Å². The molecule has 1 aliphatic rings. The summed E-state index contributed by atoms with van der Waals surface area (Å²) < 4.78 is 0. The van der Waals surface area contributed by atoms with Gasteiger partial charge in [0.05, 0.1) is 11.0 Å². The molecule has 0 saturated carbocycles. The first-order valence-corrected chi connectivity index (χ1v) is 5.76. The van der Waals surface area contributed by atoms with Crippen LogP contribution < -0.4 is 11.0 Å².